The fourth-order valence-electron chi connectivity index (χ4n) is 2.78. The zero-order valence-corrected chi connectivity index (χ0v) is 11.0. The van der Waals surface area contributed by atoms with E-state index in [2.05, 4.69) is 11.8 Å². The second-order valence-electron chi connectivity index (χ2n) is 5.10. The Bertz CT molecular complexity index is 414. The second-order valence-corrected chi connectivity index (χ2v) is 5.10. The van der Waals surface area contributed by atoms with E-state index >= 15 is 0 Å². The number of hydrogen-bond donors (Lipinski definition) is 1. The van der Waals surface area contributed by atoms with Crippen LogP contribution < -0.4 is 5.73 Å². The fraction of sp³-hybridized carbons (Fsp3) is 0.571. The van der Waals surface area contributed by atoms with E-state index in [1.807, 2.05) is 0 Å². The van der Waals surface area contributed by atoms with Gasteiger partial charge in [-0.2, -0.15) is 13.2 Å². The number of likely N-dealkylation sites (tertiary alicyclic amines) is 1. The summed E-state index contributed by atoms with van der Waals surface area (Å²) in [7, 11) is 0. The predicted octanol–water partition coefficient (Wildman–Crippen LogP) is 3.19. The molecule has 0 spiro atoms. The zero-order valence-electron chi connectivity index (χ0n) is 11.0. The van der Waals surface area contributed by atoms with Gasteiger partial charge in [0.05, 0.1) is 5.56 Å². The molecule has 19 heavy (non-hydrogen) atoms. The zero-order chi connectivity index (χ0) is 14.0. The molecule has 1 aromatic carbocycles. The molecule has 0 amide bonds. The van der Waals surface area contributed by atoms with Crippen LogP contribution in [0.5, 0.6) is 0 Å². The Balaban J connectivity index is 2.19. The van der Waals surface area contributed by atoms with Crippen molar-refractivity contribution in [3.05, 3.63) is 35.4 Å². The third-order valence-corrected chi connectivity index (χ3v) is 3.85. The molecule has 0 bridgehead atoms. The highest BCUT2D eigenvalue weighted by atomic mass is 19.4. The Morgan fingerprint density at radius 3 is 2.37 bits per heavy atom. The summed E-state index contributed by atoms with van der Waals surface area (Å²) in [6.45, 7) is 3.53. The maximum atomic E-state index is 12.5. The molecular weight excluding hydrogens is 253 g/mol. The van der Waals surface area contributed by atoms with Gasteiger partial charge in [0.15, 0.2) is 0 Å². The lowest BCUT2D eigenvalue weighted by Gasteiger charge is -2.31. The van der Waals surface area contributed by atoms with Crippen molar-refractivity contribution in [3.63, 3.8) is 0 Å². The minimum Gasteiger partial charge on any atom is -0.329 e. The lowest BCUT2D eigenvalue weighted by molar-refractivity contribution is -0.137. The Kier molecular flexibility index (Phi) is 4.16. The molecule has 0 aliphatic carbocycles. The van der Waals surface area contributed by atoms with Gasteiger partial charge in [-0.1, -0.05) is 12.1 Å². The van der Waals surface area contributed by atoms with Gasteiger partial charge in [-0.05, 0) is 44.0 Å². The molecule has 1 heterocycles. The first-order valence-electron chi connectivity index (χ1n) is 6.56. The van der Waals surface area contributed by atoms with Crippen molar-refractivity contribution in [3.8, 4) is 0 Å². The summed E-state index contributed by atoms with van der Waals surface area (Å²) in [6, 6.07) is 5.82. The van der Waals surface area contributed by atoms with E-state index in [1.165, 1.54) is 0 Å². The first-order chi connectivity index (χ1) is 8.93. The van der Waals surface area contributed by atoms with Crippen LogP contribution in [-0.4, -0.2) is 24.0 Å². The second kappa shape index (κ2) is 5.51. The van der Waals surface area contributed by atoms with Crippen molar-refractivity contribution in [2.75, 3.05) is 13.1 Å². The number of hydrogen-bond acceptors (Lipinski definition) is 2. The normalized spacial score (nSPS) is 22.7. The van der Waals surface area contributed by atoms with Crippen molar-refractivity contribution in [2.24, 2.45) is 5.73 Å². The van der Waals surface area contributed by atoms with E-state index in [4.69, 9.17) is 5.73 Å². The molecular formula is C14H19F3N2. The molecule has 106 valence electrons. The standard InChI is InChI=1S/C14H19F3N2/c1-10-3-2-8-19(10)13(9-18)11-4-6-12(7-5-11)14(15,16)17/h4-7,10,13H,2-3,8-9,18H2,1H3. The Morgan fingerprint density at radius 1 is 1.32 bits per heavy atom. The number of alkyl halides is 3. The minimum atomic E-state index is -4.28. The fourth-order valence-corrected chi connectivity index (χ4v) is 2.78. The van der Waals surface area contributed by atoms with E-state index in [0.29, 0.717) is 12.6 Å². The molecule has 2 atom stereocenters. The molecule has 1 aromatic rings. The van der Waals surface area contributed by atoms with E-state index < -0.39 is 11.7 Å². The minimum absolute atomic E-state index is 0.0137. The molecule has 2 unspecified atom stereocenters. The van der Waals surface area contributed by atoms with Gasteiger partial charge in [0.25, 0.3) is 0 Å². The summed E-state index contributed by atoms with van der Waals surface area (Å²) in [6.07, 6.45) is -2.03. The molecule has 0 saturated carbocycles. The van der Waals surface area contributed by atoms with Crippen LogP contribution in [0, 0.1) is 0 Å². The van der Waals surface area contributed by atoms with Crippen molar-refractivity contribution in [1.82, 2.24) is 4.90 Å². The molecule has 1 saturated heterocycles. The van der Waals surface area contributed by atoms with Crippen molar-refractivity contribution in [1.29, 1.82) is 0 Å². The number of benzene rings is 1. The summed E-state index contributed by atoms with van der Waals surface area (Å²) >= 11 is 0. The Hall–Kier alpha value is -1.07. The summed E-state index contributed by atoms with van der Waals surface area (Å²) in [5.41, 5.74) is 6.06. The molecule has 2 nitrogen and oxygen atoms in total. The smallest absolute Gasteiger partial charge is 0.329 e. The maximum absolute atomic E-state index is 12.5. The monoisotopic (exact) mass is 272 g/mol. The van der Waals surface area contributed by atoms with Crippen LogP contribution in [0.4, 0.5) is 13.2 Å². The van der Waals surface area contributed by atoms with E-state index in [9.17, 15) is 13.2 Å². The number of halogens is 3. The summed E-state index contributed by atoms with van der Waals surface area (Å²) in [4.78, 5) is 2.28. The Labute approximate surface area is 111 Å². The van der Waals surface area contributed by atoms with E-state index in [0.717, 1.165) is 37.1 Å². The Morgan fingerprint density at radius 2 is 1.95 bits per heavy atom. The van der Waals surface area contributed by atoms with Gasteiger partial charge in [-0.15, -0.1) is 0 Å². The predicted molar refractivity (Wildman–Crippen MR) is 68.6 cm³/mol. The molecule has 0 radical (unpaired) electrons. The van der Waals surface area contributed by atoms with Crippen LogP contribution in [0.3, 0.4) is 0 Å². The van der Waals surface area contributed by atoms with Crippen molar-refractivity contribution in [2.45, 2.75) is 38.0 Å². The quantitative estimate of drug-likeness (QED) is 0.915. The molecule has 1 aliphatic heterocycles. The highest BCUT2D eigenvalue weighted by molar-refractivity contribution is 5.27. The number of nitrogens with zero attached hydrogens (tertiary/aromatic N) is 1. The van der Waals surface area contributed by atoms with Crippen LogP contribution in [0.1, 0.15) is 36.9 Å². The van der Waals surface area contributed by atoms with Gasteiger partial charge in [-0.3, -0.25) is 4.90 Å². The number of nitrogens with two attached hydrogens (primary N) is 1. The number of rotatable bonds is 3. The summed E-state index contributed by atoms with van der Waals surface area (Å²) < 4.78 is 37.6. The van der Waals surface area contributed by atoms with Crippen LogP contribution in [0.25, 0.3) is 0 Å². The summed E-state index contributed by atoms with van der Waals surface area (Å²) in [5.74, 6) is 0. The molecule has 0 aromatic heterocycles. The average Bonchev–Trinajstić information content (AvgIpc) is 2.76. The van der Waals surface area contributed by atoms with Crippen LogP contribution >= 0.6 is 0 Å². The van der Waals surface area contributed by atoms with Gasteiger partial charge in [0.2, 0.25) is 0 Å². The van der Waals surface area contributed by atoms with Gasteiger partial charge < -0.3 is 5.73 Å². The van der Waals surface area contributed by atoms with Crippen LogP contribution in [0.2, 0.25) is 0 Å². The van der Waals surface area contributed by atoms with Crippen LogP contribution in [0.15, 0.2) is 24.3 Å². The van der Waals surface area contributed by atoms with Crippen molar-refractivity contribution >= 4 is 0 Å². The SMILES string of the molecule is CC1CCCN1C(CN)c1ccc(C(F)(F)F)cc1. The van der Waals surface area contributed by atoms with Gasteiger partial charge in [0.1, 0.15) is 0 Å². The third kappa shape index (κ3) is 3.09. The largest absolute Gasteiger partial charge is 0.416 e. The highest BCUT2D eigenvalue weighted by Crippen LogP contribution is 2.32. The van der Waals surface area contributed by atoms with E-state index in [-0.39, 0.29) is 6.04 Å². The molecule has 2 rings (SSSR count). The topological polar surface area (TPSA) is 29.3 Å². The first kappa shape index (κ1) is 14.3. The lowest BCUT2D eigenvalue weighted by Crippen LogP contribution is -2.36. The highest BCUT2D eigenvalue weighted by Gasteiger charge is 2.31. The molecule has 2 N–H and O–H groups in total. The van der Waals surface area contributed by atoms with Crippen LogP contribution in [-0.2, 0) is 6.18 Å². The average molecular weight is 272 g/mol. The van der Waals surface area contributed by atoms with Gasteiger partial charge in [0, 0.05) is 18.6 Å². The van der Waals surface area contributed by atoms with Gasteiger partial charge >= 0.3 is 6.18 Å². The summed E-state index contributed by atoms with van der Waals surface area (Å²) in [5, 5.41) is 0. The lowest BCUT2D eigenvalue weighted by atomic mass is 10.0. The molecule has 1 fully saturated rings. The third-order valence-electron chi connectivity index (χ3n) is 3.85. The van der Waals surface area contributed by atoms with Crippen molar-refractivity contribution < 1.29 is 13.2 Å². The van der Waals surface area contributed by atoms with Gasteiger partial charge in [-0.25, -0.2) is 0 Å². The molecule has 5 heteroatoms. The van der Waals surface area contributed by atoms with E-state index in [1.54, 1.807) is 12.1 Å². The molecule has 1 aliphatic rings. The maximum Gasteiger partial charge on any atom is 0.416 e. The first-order valence-corrected chi connectivity index (χ1v) is 6.56.